The van der Waals surface area contributed by atoms with Gasteiger partial charge in [0.15, 0.2) is 5.96 Å². The van der Waals surface area contributed by atoms with Crippen LogP contribution in [0.5, 0.6) is 0 Å². The summed E-state index contributed by atoms with van der Waals surface area (Å²) in [5.41, 5.74) is 2.63. The quantitative estimate of drug-likeness (QED) is 0.562. The third kappa shape index (κ3) is 5.80. The Morgan fingerprint density at radius 1 is 1.29 bits per heavy atom. The fourth-order valence-electron chi connectivity index (χ4n) is 4.14. The maximum atomic E-state index is 5.59. The summed E-state index contributed by atoms with van der Waals surface area (Å²) in [6, 6.07) is 9.30. The molecule has 28 heavy (non-hydrogen) atoms. The zero-order valence-corrected chi connectivity index (χ0v) is 18.5. The van der Waals surface area contributed by atoms with Gasteiger partial charge in [-0.3, -0.25) is 4.99 Å². The Bertz CT molecular complexity index is 622. The van der Waals surface area contributed by atoms with Crippen molar-refractivity contribution in [2.75, 3.05) is 50.5 Å². The molecular weight excluding hydrogens is 368 g/mol. The summed E-state index contributed by atoms with van der Waals surface area (Å²) >= 11 is 2.06. The van der Waals surface area contributed by atoms with Crippen LogP contribution in [0, 0.1) is 6.92 Å². The van der Waals surface area contributed by atoms with Crippen molar-refractivity contribution in [3.63, 3.8) is 0 Å². The molecule has 2 aliphatic heterocycles. The number of aliphatic imine (C=N–C) groups is 1. The van der Waals surface area contributed by atoms with E-state index in [1.165, 1.54) is 24.1 Å². The number of thioether (sulfide) groups is 1. The molecule has 1 atom stereocenters. The summed E-state index contributed by atoms with van der Waals surface area (Å²) < 4.78 is 5.86. The standard InChI is InChI=1S/C22H36N4OS/c1-4-28-22(11-14-27-15-12-22)17-24-21(23-3)25-19-6-5-13-26(16-19)20-9-7-18(2)8-10-20/h7-10,19H,4-6,11-17H2,1-3H3,(H2,23,24,25). The third-order valence-electron chi connectivity index (χ3n) is 5.82. The van der Waals surface area contributed by atoms with E-state index in [2.05, 4.69) is 70.4 Å². The number of guanidine groups is 1. The Balaban J connectivity index is 1.54. The number of anilines is 1. The molecule has 2 heterocycles. The molecule has 0 spiro atoms. The minimum absolute atomic E-state index is 0.269. The monoisotopic (exact) mass is 404 g/mol. The Morgan fingerprint density at radius 3 is 2.71 bits per heavy atom. The van der Waals surface area contributed by atoms with Gasteiger partial charge in [-0.1, -0.05) is 24.6 Å². The maximum Gasteiger partial charge on any atom is 0.191 e. The van der Waals surface area contributed by atoms with Gasteiger partial charge in [0.05, 0.1) is 0 Å². The third-order valence-corrected chi connectivity index (χ3v) is 7.27. The number of nitrogens with zero attached hydrogens (tertiary/aromatic N) is 2. The average molecular weight is 405 g/mol. The van der Waals surface area contributed by atoms with Gasteiger partial charge in [-0.05, 0) is 50.5 Å². The smallest absolute Gasteiger partial charge is 0.191 e. The zero-order valence-electron chi connectivity index (χ0n) is 17.7. The van der Waals surface area contributed by atoms with Crippen molar-refractivity contribution in [2.24, 2.45) is 4.99 Å². The van der Waals surface area contributed by atoms with Crippen LogP contribution in [0.15, 0.2) is 29.3 Å². The van der Waals surface area contributed by atoms with Gasteiger partial charge in [-0.2, -0.15) is 11.8 Å². The van der Waals surface area contributed by atoms with Crippen molar-refractivity contribution in [1.82, 2.24) is 10.6 Å². The van der Waals surface area contributed by atoms with E-state index >= 15 is 0 Å². The molecule has 1 unspecified atom stereocenters. The van der Waals surface area contributed by atoms with Crippen LogP contribution in [0.2, 0.25) is 0 Å². The van der Waals surface area contributed by atoms with Crippen LogP contribution in [-0.2, 0) is 4.74 Å². The first-order valence-electron chi connectivity index (χ1n) is 10.6. The van der Waals surface area contributed by atoms with E-state index in [0.29, 0.717) is 6.04 Å². The predicted octanol–water partition coefficient (Wildman–Crippen LogP) is 3.43. The van der Waals surface area contributed by atoms with E-state index in [1.54, 1.807) is 0 Å². The van der Waals surface area contributed by atoms with Gasteiger partial charge in [0.1, 0.15) is 0 Å². The van der Waals surface area contributed by atoms with E-state index in [4.69, 9.17) is 4.74 Å². The molecular formula is C22H36N4OS. The number of rotatable bonds is 6. The number of benzene rings is 1. The summed E-state index contributed by atoms with van der Waals surface area (Å²) in [6.45, 7) is 9.22. The van der Waals surface area contributed by atoms with Crippen LogP contribution in [-0.4, -0.2) is 62.4 Å². The van der Waals surface area contributed by atoms with Crippen LogP contribution < -0.4 is 15.5 Å². The molecule has 2 aliphatic rings. The largest absolute Gasteiger partial charge is 0.381 e. The van der Waals surface area contributed by atoms with E-state index < -0.39 is 0 Å². The van der Waals surface area contributed by atoms with Crippen molar-refractivity contribution < 1.29 is 4.74 Å². The SMILES string of the molecule is CCSC1(CNC(=NC)NC2CCCN(c3ccc(C)cc3)C2)CCOCC1. The normalized spacial score (nSPS) is 22.8. The molecule has 0 bridgehead atoms. The molecule has 0 amide bonds. The van der Waals surface area contributed by atoms with E-state index in [-0.39, 0.29) is 4.75 Å². The zero-order chi connectivity index (χ0) is 19.8. The molecule has 1 aromatic carbocycles. The lowest BCUT2D eigenvalue weighted by Gasteiger charge is -2.38. The molecule has 0 saturated carbocycles. The first-order chi connectivity index (χ1) is 13.6. The number of piperidine rings is 1. The van der Waals surface area contributed by atoms with Crippen molar-refractivity contribution in [2.45, 2.75) is 50.3 Å². The minimum atomic E-state index is 0.269. The lowest BCUT2D eigenvalue weighted by molar-refractivity contribution is 0.0782. The molecule has 1 aromatic rings. The summed E-state index contributed by atoms with van der Waals surface area (Å²) in [5, 5.41) is 7.29. The minimum Gasteiger partial charge on any atom is -0.381 e. The fraction of sp³-hybridized carbons (Fsp3) is 0.682. The number of aryl methyl sites for hydroxylation is 1. The van der Waals surface area contributed by atoms with Crippen LogP contribution in [0.1, 0.15) is 38.2 Å². The highest BCUT2D eigenvalue weighted by molar-refractivity contribution is 8.00. The molecule has 156 valence electrons. The van der Waals surface area contributed by atoms with Crippen molar-refractivity contribution in [1.29, 1.82) is 0 Å². The maximum absolute atomic E-state index is 5.59. The van der Waals surface area contributed by atoms with Crippen molar-refractivity contribution in [3.05, 3.63) is 29.8 Å². The van der Waals surface area contributed by atoms with Gasteiger partial charge in [-0.15, -0.1) is 0 Å². The Morgan fingerprint density at radius 2 is 2.04 bits per heavy atom. The summed E-state index contributed by atoms with van der Waals surface area (Å²) in [4.78, 5) is 6.99. The van der Waals surface area contributed by atoms with E-state index in [1.807, 2.05) is 7.05 Å². The predicted molar refractivity (Wildman–Crippen MR) is 122 cm³/mol. The average Bonchev–Trinajstić information content (AvgIpc) is 2.73. The second-order valence-corrected chi connectivity index (χ2v) is 9.65. The lowest BCUT2D eigenvalue weighted by atomic mass is 9.99. The molecule has 2 saturated heterocycles. The van der Waals surface area contributed by atoms with Crippen molar-refractivity contribution >= 4 is 23.4 Å². The van der Waals surface area contributed by atoms with Gasteiger partial charge in [-0.25, -0.2) is 0 Å². The van der Waals surface area contributed by atoms with Crippen molar-refractivity contribution in [3.8, 4) is 0 Å². The molecule has 0 radical (unpaired) electrons. The molecule has 0 aliphatic carbocycles. The van der Waals surface area contributed by atoms with Gasteiger partial charge < -0.3 is 20.3 Å². The second-order valence-electron chi connectivity index (χ2n) is 7.92. The summed E-state index contributed by atoms with van der Waals surface area (Å²) in [7, 11) is 1.87. The molecule has 0 aromatic heterocycles. The molecule has 6 heteroatoms. The first-order valence-corrected chi connectivity index (χ1v) is 11.6. The molecule has 3 rings (SSSR count). The Labute approximate surface area is 174 Å². The molecule has 5 nitrogen and oxygen atoms in total. The van der Waals surface area contributed by atoms with Crippen LogP contribution in [0.4, 0.5) is 5.69 Å². The van der Waals surface area contributed by atoms with Crippen LogP contribution >= 0.6 is 11.8 Å². The highest BCUT2D eigenvalue weighted by Crippen LogP contribution is 2.34. The van der Waals surface area contributed by atoms with Crippen LogP contribution in [0.25, 0.3) is 0 Å². The van der Waals surface area contributed by atoms with Gasteiger partial charge in [0.25, 0.3) is 0 Å². The Kier molecular flexibility index (Phi) is 7.91. The van der Waals surface area contributed by atoms with E-state index in [0.717, 1.165) is 57.4 Å². The number of nitrogens with one attached hydrogen (secondary N) is 2. The second kappa shape index (κ2) is 10.4. The van der Waals surface area contributed by atoms with E-state index in [9.17, 15) is 0 Å². The topological polar surface area (TPSA) is 48.9 Å². The highest BCUT2D eigenvalue weighted by Gasteiger charge is 2.33. The van der Waals surface area contributed by atoms with Gasteiger partial charge in [0, 0.05) is 56.4 Å². The lowest BCUT2D eigenvalue weighted by Crippen LogP contribution is -2.54. The first kappa shape index (κ1) is 21.3. The fourth-order valence-corrected chi connectivity index (χ4v) is 5.38. The number of hydrogen-bond acceptors (Lipinski definition) is 4. The molecule has 2 N–H and O–H groups in total. The summed E-state index contributed by atoms with van der Waals surface area (Å²) in [6.07, 6.45) is 4.61. The number of ether oxygens (including phenoxy) is 1. The Hall–Kier alpha value is -1.40. The van der Waals surface area contributed by atoms with Gasteiger partial charge in [0.2, 0.25) is 0 Å². The van der Waals surface area contributed by atoms with Crippen LogP contribution in [0.3, 0.4) is 0 Å². The highest BCUT2D eigenvalue weighted by atomic mass is 32.2. The van der Waals surface area contributed by atoms with Gasteiger partial charge >= 0.3 is 0 Å². The molecule has 2 fully saturated rings. The summed E-state index contributed by atoms with van der Waals surface area (Å²) in [5.74, 6) is 2.07. The number of hydrogen-bond donors (Lipinski definition) is 2.